The fraction of sp³-hybridized carbons (Fsp3) is 0.208. The van der Waals surface area contributed by atoms with Crippen LogP contribution in [0.5, 0.6) is 0 Å². The summed E-state index contributed by atoms with van der Waals surface area (Å²) >= 11 is 6.94. The molecule has 0 spiro atoms. The van der Waals surface area contributed by atoms with Crippen molar-refractivity contribution >= 4 is 55.4 Å². The topological polar surface area (TPSA) is 98.1 Å². The number of hydrogen-bond donors (Lipinski definition) is 1. The highest BCUT2D eigenvalue weighted by molar-refractivity contribution is 7.92. The molecule has 0 aliphatic carbocycles. The molecular weight excluding hydrogens is 494 g/mol. The molecule has 4 rings (SSSR count). The van der Waals surface area contributed by atoms with Crippen molar-refractivity contribution in [1.82, 2.24) is 15.1 Å². The summed E-state index contributed by atoms with van der Waals surface area (Å²) in [5, 5.41) is 7.95. The highest BCUT2D eigenvalue weighted by atomic mass is 35.5. The van der Waals surface area contributed by atoms with Gasteiger partial charge in [-0.2, -0.15) is 5.10 Å². The monoisotopic (exact) mass is 515 g/mol. The number of Topliss-reactive ketones (excluding diaryl/α,β-unsaturated/α-hetero) is 1. The molecule has 1 amide bonds. The predicted molar refractivity (Wildman–Crippen MR) is 133 cm³/mol. The van der Waals surface area contributed by atoms with E-state index in [1.165, 1.54) is 19.9 Å². The molecule has 2 aromatic heterocycles. The predicted octanol–water partition coefficient (Wildman–Crippen LogP) is 4.61. The van der Waals surface area contributed by atoms with Crippen molar-refractivity contribution in [3.05, 3.63) is 81.3 Å². The molecule has 0 fully saturated rings. The Kier molecular flexibility index (Phi) is 6.88. The van der Waals surface area contributed by atoms with Gasteiger partial charge >= 0.3 is 0 Å². The Hall–Kier alpha value is -3.01. The highest BCUT2D eigenvalue weighted by Gasteiger charge is 2.24. The van der Waals surface area contributed by atoms with Crippen LogP contribution in [0.1, 0.15) is 41.0 Å². The van der Waals surface area contributed by atoms with Crippen molar-refractivity contribution in [1.29, 1.82) is 0 Å². The van der Waals surface area contributed by atoms with E-state index in [1.54, 1.807) is 22.9 Å². The number of fused-ring (bicyclic) bond motifs is 1. The first-order valence-corrected chi connectivity index (χ1v) is 13.3. The number of aromatic nitrogens is 2. The van der Waals surface area contributed by atoms with E-state index in [9.17, 15) is 18.0 Å². The zero-order valence-electron chi connectivity index (χ0n) is 18.5. The number of nitrogens with one attached hydrogen (secondary N) is 1. The lowest BCUT2D eigenvalue weighted by atomic mass is 10.0. The van der Waals surface area contributed by atoms with Gasteiger partial charge in [0.25, 0.3) is 0 Å². The molecule has 0 aliphatic rings. The molecular formula is C24H22ClN3O4S2. The van der Waals surface area contributed by atoms with E-state index in [4.69, 9.17) is 11.6 Å². The van der Waals surface area contributed by atoms with Crippen molar-refractivity contribution in [2.45, 2.75) is 36.9 Å². The first-order chi connectivity index (χ1) is 16.1. The zero-order valence-corrected chi connectivity index (χ0v) is 20.9. The average molecular weight is 516 g/mol. The normalized spacial score (nSPS) is 11.6. The molecule has 34 heavy (non-hydrogen) atoms. The molecule has 7 nitrogen and oxygen atoms in total. The van der Waals surface area contributed by atoms with Crippen LogP contribution in [0, 0.1) is 0 Å². The number of carbonyl (C=O) groups excluding carboxylic acids is 2. The van der Waals surface area contributed by atoms with Crippen LogP contribution in [-0.4, -0.2) is 29.9 Å². The summed E-state index contributed by atoms with van der Waals surface area (Å²) in [5.41, 5.74) is 3.29. The molecule has 0 saturated heterocycles. The van der Waals surface area contributed by atoms with Gasteiger partial charge in [0.15, 0.2) is 15.6 Å². The van der Waals surface area contributed by atoms with Crippen molar-refractivity contribution < 1.29 is 18.0 Å². The molecule has 0 saturated carbocycles. The van der Waals surface area contributed by atoms with Crippen LogP contribution in [0.15, 0.2) is 58.8 Å². The molecule has 2 aromatic carbocycles. The number of amides is 1. The minimum absolute atomic E-state index is 0.113. The third-order valence-electron chi connectivity index (χ3n) is 5.28. The summed E-state index contributed by atoms with van der Waals surface area (Å²) in [6, 6.07) is 16.0. The number of ketones is 1. The molecule has 0 aliphatic heterocycles. The van der Waals surface area contributed by atoms with Crippen molar-refractivity contribution in [3.63, 3.8) is 0 Å². The zero-order chi connectivity index (χ0) is 24.5. The van der Waals surface area contributed by atoms with Gasteiger partial charge in [-0.3, -0.25) is 14.3 Å². The maximum absolute atomic E-state index is 13.1. The smallest absolute Gasteiger partial charge is 0.217 e. The van der Waals surface area contributed by atoms with E-state index in [1.807, 2.05) is 30.3 Å². The first-order valence-electron chi connectivity index (χ1n) is 10.4. The molecule has 0 radical (unpaired) electrons. The van der Waals surface area contributed by atoms with Gasteiger partial charge in [0.2, 0.25) is 5.91 Å². The third kappa shape index (κ3) is 5.22. The molecule has 0 unspecified atom stereocenters. The second-order valence-electron chi connectivity index (χ2n) is 7.91. The van der Waals surface area contributed by atoms with E-state index < -0.39 is 9.84 Å². The van der Waals surface area contributed by atoms with Crippen LogP contribution in [0.3, 0.4) is 0 Å². The van der Waals surface area contributed by atoms with Crippen molar-refractivity contribution in [2.75, 3.05) is 0 Å². The number of carbonyl (C=O) groups is 2. The van der Waals surface area contributed by atoms with Crippen LogP contribution in [0.25, 0.3) is 10.9 Å². The Bertz CT molecular complexity index is 1510. The summed E-state index contributed by atoms with van der Waals surface area (Å²) < 4.78 is 28.4. The van der Waals surface area contributed by atoms with Crippen LogP contribution in [0.4, 0.5) is 0 Å². The van der Waals surface area contributed by atoms with Crippen LogP contribution in [-0.2, 0) is 33.5 Å². The quantitative estimate of drug-likeness (QED) is 0.345. The number of nitrogens with zero attached hydrogens (tertiary/aromatic N) is 2. The van der Waals surface area contributed by atoms with E-state index >= 15 is 0 Å². The number of thiophene rings is 1. The second kappa shape index (κ2) is 9.69. The summed E-state index contributed by atoms with van der Waals surface area (Å²) in [6.07, 6.45) is 0. The van der Waals surface area contributed by atoms with Gasteiger partial charge in [-0.15, -0.1) is 11.3 Å². The maximum atomic E-state index is 13.1. The van der Waals surface area contributed by atoms with E-state index in [0.717, 1.165) is 22.5 Å². The maximum Gasteiger partial charge on any atom is 0.217 e. The Morgan fingerprint density at radius 1 is 1.06 bits per heavy atom. The number of sulfone groups is 1. The molecule has 2 heterocycles. The van der Waals surface area contributed by atoms with Gasteiger partial charge in [-0.1, -0.05) is 48.0 Å². The van der Waals surface area contributed by atoms with Gasteiger partial charge < -0.3 is 5.32 Å². The van der Waals surface area contributed by atoms with Gasteiger partial charge in [0.05, 0.1) is 22.1 Å². The third-order valence-corrected chi connectivity index (χ3v) is 8.72. The lowest BCUT2D eigenvalue weighted by Crippen LogP contribution is -2.19. The van der Waals surface area contributed by atoms with E-state index in [0.29, 0.717) is 39.6 Å². The van der Waals surface area contributed by atoms with E-state index in [2.05, 4.69) is 10.4 Å². The Balaban J connectivity index is 1.76. The fourth-order valence-electron chi connectivity index (χ4n) is 3.78. The van der Waals surface area contributed by atoms with Gasteiger partial charge in [0, 0.05) is 24.4 Å². The number of hydrogen-bond acceptors (Lipinski definition) is 6. The van der Waals surface area contributed by atoms with Crippen LogP contribution in [0.2, 0.25) is 4.34 Å². The number of rotatable bonds is 8. The Morgan fingerprint density at radius 3 is 2.47 bits per heavy atom. The molecule has 1 N–H and O–H groups in total. The van der Waals surface area contributed by atoms with Gasteiger partial charge in [0.1, 0.15) is 9.96 Å². The fourth-order valence-corrected chi connectivity index (χ4v) is 6.62. The van der Waals surface area contributed by atoms with Crippen molar-refractivity contribution in [3.8, 4) is 0 Å². The minimum Gasteiger partial charge on any atom is -0.352 e. The molecule has 0 bridgehead atoms. The lowest BCUT2D eigenvalue weighted by Gasteiger charge is -2.08. The summed E-state index contributed by atoms with van der Waals surface area (Å²) in [4.78, 5) is 23.6. The van der Waals surface area contributed by atoms with E-state index in [-0.39, 0.29) is 21.7 Å². The van der Waals surface area contributed by atoms with Crippen LogP contribution < -0.4 is 5.32 Å². The molecule has 10 heteroatoms. The SMILES string of the molecule is CC(=O)NCc1cccc(Cn2nc(CS(=O)(=O)c3ccc(Cl)s3)c3c(C(C)=O)cccc32)c1. The first kappa shape index (κ1) is 24.1. The molecule has 176 valence electrons. The Labute approximate surface area is 206 Å². The highest BCUT2D eigenvalue weighted by Crippen LogP contribution is 2.31. The summed E-state index contributed by atoms with van der Waals surface area (Å²) in [5.74, 6) is -0.626. The van der Waals surface area contributed by atoms with Gasteiger partial charge in [-0.05, 0) is 36.2 Å². The largest absolute Gasteiger partial charge is 0.352 e. The number of benzene rings is 2. The van der Waals surface area contributed by atoms with Crippen LogP contribution >= 0.6 is 22.9 Å². The summed E-state index contributed by atoms with van der Waals surface area (Å²) in [7, 11) is -3.70. The average Bonchev–Trinajstić information content (AvgIpc) is 3.37. The minimum atomic E-state index is -3.70. The molecule has 4 aromatic rings. The van der Waals surface area contributed by atoms with Gasteiger partial charge in [-0.25, -0.2) is 8.42 Å². The van der Waals surface area contributed by atoms with Crippen molar-refractivity contribution in [2.24, 2.45) is 0 Å². The Morgan fingerprint density at radius 2 is 1.79 bits per heavy atom. The lowest BCUT2D eigenvalue weighted by molar-refractivity contribution is -0.119. The molecule has 0 atom stereocenters. The number of halogens is 1. The second-order valence-corrected chi connectivity index (χ2v) is 11.8. The standard InChI is InChI=1S/C24H22ClN3O4S2/c1-15(29)19-7-4-8-21-24(19)20(14-34(31,32)23-10-9-22(25)33-23)27-28(21)13-18-6-3-5-17(11-18)12-26-16(2)30/h3-11H,12-14H2,1-2H3,(H,26,30). The summed E-state index contributed by atoms with van der Waals surface area (Å²) in [6.45, 7) is 3.70.